The molecule has 25 heavy (non-hydrogen) atoms. The van der Waals surface area contributed by atoms with E-state index in [0.717, 1.165) is 12.2 Å². The lowest BCUT2D eigenvalue weighted by atomic mass is 10.0. The Bertz CT molecular complexity index is 1040. The maximum Gasteiger partial charge on any atom is 0.335 e. The Morgan fingerprint density at radius 3 is 2.48 bits per heavy atom. The van der Waals surface area contributed by atoms with Crippen LogP contribution >= 0.6 is 0 Å². The van der Waals surface area contributed by atoms with Crippen molar-refractivity contribution in [1.29, 1.82) is 0 Å². The fraction of sp³-hybridized carbons (Fsp3) is 0.238. The first kappa shape index (κ1) is 15.6. The lowest BCUT2D eigenvalue weighted by Gasteiger charge is -2.08. The monoisotopic (exact) mass is 334 g/mol. The van der Waals surface area contributed by atoms with E-state index < -0.39 is 5.97 Å². The molecule has 0 aliphatic heterocycles. The van der Waals surface area contributed by atoms with Gasteiger partial charge in [-0.15, -0.1) is 0 Å². The Balaban J connectivity index is 1.75. The normalized spacial score (nSPS) is 19.1. The number of benzene rings is 2. The summed E-state index contributed by atoms with van der Waals surface area (Å²) in [7, 11) is 0. The van der Waals surface area contributed by atoms with Crippen LogP contribution in [0.5, 0.6) is 0 Å². The van der Waals surface area contributed by atoms with Crippen LogP contribution in [0.4, 0.5) is 0 Å². The van der Waals surface area contributed by atoms with Crippen LogP contribution in [0.2, 0.25) is 0 Å². The van der Waals surface area contributed by atoms with Gasteiger partial charge in [-0.2, -0.15) is 0 Å². The van der Waals surface area contributed by atoms with Gasteiger partial charge >= 0.3 is 5.97 Å². The Morgan fingerprint density at radius 2 is 1.80 bits per heavy atom. The van der Waals surface area contributed by atoms with Gasteiger partial charge in [-0.05, 0) is 49.9 Å². The fourth-order valence-electron chi connectivity index (χ4n) is 3.46. The SMILES string of the molecule is Cc1ccc(C2CC2c2oc3ccc(C(=O)O)cc3c(=O)c2C)cc1. The number of hydrogen-bond acceptors (Lipinski definition) is 3. The lowest BCUT2D eigenvalue weighted by molar-refractivity contribution is 0.0697. The Hall–Kier alpha value is -2.88. The first-order valence-electron chi connectivity index (χ1n) is 8.33. The lowest BCUT2D eigenvalue weighted by Crippen LogP contribution is -2.10. The van der Waals surface area contributed by atoms with Gasteiger partial charge in [-0.3, -0.25) is 4.79 Å². The summed E-state index contributed by atoms with van der Waals surface area (Å²) >= 11 is 0. The molecule has 2 unspecified atom stereocenters. The topological polar surface area (TPSA) is 67.5 Å². The molecular weight excluding hydrogens is 316 g/mol. The first-order valence-corrected chi connectivity index (χ1v) is 8.33. The standard InChI is InChI=1S/C21H18O4/c1-11-3-5-13(6-4-11)15-10-16(15)20-12(2)19(22)17-9-14(21(23)24)7-8-18(17)25-20/h3-9,15-16H,10H2,1-2H3,(H,23,24). The van der Waals surface area contributed by atoms with E-state index in [9.17, 15) is 9.59 Å². The molecule has 4 rings (SSSR count). The van der Waals surface area contributed by atoms with Gasteiger partial charge in [0.1, 0.15) is 11.3 Å². The number of aryl methyl sites for hydroxylation is 1. The molecule has 2 atom stereocenters. The van der Waals surface area contributed by atoms with E-state index in [2.05, 4.69) is 31.2 Å². The molecule has 4 heteroatoms. The minimum atomic E-state index is -1.05. The van der Waals surface area contributed by atoms with E-state index in [4.69, 9.17) is 9.52 Å². The Labute approximate surface area is 144 Å². The highest BCUT2D eigenvalue weighted by Crippen LogP contribution is 2.55. The molecule has 0 saturated heterocycles. The minimum Gasteiger partial charge on any atom is -0.478 e. The molecular formula is C21H18O4. The smallest absolute Gasteiger partial charge is 0.335 e. The molecule has 126 valence electrons. The number of carboxylic acids is 1. The molecule has 0 spiro atoms. The predicted octanol–water partition coefficient (Wildman–Crippen LogP) is 4.38. The highest BCUT2D eigenvalue weighted by atomic mass is 16.4. The van der Waals surface area contributed by atoms with Gasteiger partial charge in [-0.1, -0.05) is 29.8 Å². The van der Waals surface area contributed by atoms with Gasteiger partial charge in [0.2, 0.25) is 0 Å². The zero-order chi connectivity index (χ0) is 17.7. The molecule has 1 fully saturated rings. The van der Waals surface area contributed by atoms with Crippen LogP contribution in [0.3, 0.4) is 0 Å². The largest absolute Gasteiger partial charge is 0.478 e. The van der Waals surface area contributed by atoms with Crippen LogP contribution < -0.4 is 5.43 Å². The van der Waals surface area contributed by atoms with Crippen LogP contribution in [0.1, 0.15) is 51.1 Å². The molecule has 4 nitrogen and oxygen atoms in total. The highest BCUT2D eigenvalue weighted by Gasteiger charge is 2.42. The summed E-state index contributed by atoms with van der Waals surface area (Å²) in [6, 6.07) is 12.9. The third-order valence-electron chi connectivity index (χ3n) is 5.03. The second-order valence-electron chi connectivity index (χ2n) is 6.80. The summed E-state index contributed by atoms with van der Waals surface area (Å²) in [5.41, 5.74) is 3.46. The number of fused-ring (bicyclic) bond motifs is 1. The number of hydrogen-bond donors (Lipinski definition) is 1. The van der Waals surface area contributed by atoms with Crippen molar-refractivity contribution in [2.45, 2.75) is 32.1 Å². The van der Waals surface area contributed by atoms with Gasteiger partial charge in [0.15, 0.2) is 5.43 Å². The summed E-state index contributed by atoms with van der Waals surface area (Å²) in [6.07, 6.45) is 0.964. The van der Waals surface area contributed by atoms with Crippen molar-refractivity contribution in [2.24, 2.45) is 0 Å². The number of rotatable bonds is 3. The summed E-state index contributed by atoms with van der Waals surface area (Å²) in [5.74, 6) is 0.257. The van der Waals surface area contributed by atoms with Gasteiger partial charge in [0.25, 0.3) is 0 Å². The van der Waals surface area contributed by atoms with E-state index >= 15 is 0 Å². The third kappa shape index (κ3) is 2.64. The van der Waals surface area contributed by atoms with Crippen molar-refractivity contribution in [1.82, 2.24) is 0 Å². The number of carbonyl (C=O) groups is 1. The molecule has 1 aliphatic rings. The molecule has 1 heterocycles. The molecule has 2 aromatic carbocycles. The fourth-order valence-corrected chi connectivity index (χ4v) is 3.46. The van der Waals surface area contributed by atoms with Crippen molar-refractivity contribution in [3.63, 3.8) is 0 Å². The average molecular weight is 334 g/mol. The van der Waals surface area contributed by atoms with Crippen LogP contribution in [0, 0.1) is 13.8 Å². The van der Waals surface area contributed by atoms with Gasteiger partial charge < -0.3 is 9.52 Å². The Kier molecular flexibility index (Phi) is 3.49. The maximum atomic E-state index is 12.7. The van der Waals surface area contributed by atoms with Crippen LogP contribution in [-0.2, 0) is 0 Å². The Morgan fingerprint density at radius 1 is 1.08 bits per heavy atom. The maximum absolute atomic E-state index is 12.7. The minimum absolute atomic E-state index is 0.0934. The highest BCUT2D eigenvalue weighted by molar-refractivity contribution is 5.92. The third-order valence-corrected chi connectivity index (χ3v) is 5.03. The molecule has 1 aromatic heterocycles. The zero-order valence-electron chi connectivity index (χ0n) is 14.1. The first-order chi connectivity index (χ1) is 12.0. The van der Waals surface area contributed by atoms with Gasteiger partial charge in [0.05, 0.1) is 10.9 Å². The van der Waals surface area contributed by atoms with E-state index in [1.807, 2.05) is 0 Å². The molecule has 0 amide bonds. The summed E-state index contributed by atoms with van der Waals surface area (Å²) < 4.78 is 6.01. The predicted molar refractivity (Wildman–Crippen MR) is 95.5 cm³/mol. The van der Waals surface area contributed by atoms with Gasteiger partial charge in [-0.25, -0.2) is 4.79 Å². The molecule has 1 N–H and O–H groups in total. The zero-order valence-corrected chi connectivity index (χ0v) is 14.1. The van der Waals surface area contributed by atoms with E-state index in [1.165, 1.54) is 23.3 Å². The van der Waals surface area contributed by atoms with Crippen molar-refractivity contribution in [2.75, 3.05) is 0 Å². The number of aromatic carboxylic acids is 1. The average Bonchev–Trinajstić information content (AvgIpc) is 3.38. The van der Waals surface area contributed by atoms with Crippen LogP contribution in [0.25, 0.3) is 11.0 Å². The second-order valence-corrected chi connectivity index (χ2v) is 6.80. The van der Waals surface area contributed by atoms with Crippen LogP contribution in [0.15, 0.2) is 51.7 Å². The summed E-state index contributed by atoms with van der Waals surface area (Å²) in [6.45, 7) is 3.82. The quantitative estimate of drug-likeness (QED) is 0.772. The van der Waals surface area contributed by atoms with Crippen molar-refractivity contribution in [3.05, 3.63) is 80.7 Å². The number of carboxylic acid groups (broad SMARTS) is 1. The molecule has 3 aromatic rings. The summed E-state index contributed by atoms with van der Waals surface area (Å²) in [4.78, 5) is 23.8. The van der Waals surface area contributed by atoms with Gasteiger partial charge in [0, 0.05) is 11.5 Å². The van der Waals surface area contributed by atoms with E-state index in [-0.39, 0.29) is 16.9 Å². The second kappa shape index (κ2) is 5.59. The van der Waals surface area contributed by atoms with E-state index in [0.29, 0.717) is 22.5 Å². The molecule has 1 aliphatic carbocycles. The van der Waals surface area contributed by atoms with Crippen molar-refractivity contribution in [3.8, 4) is 0 Å². The van der Waals surface area contributed by atoms with Crippen molar-refractivity contribution >= 4 is 16.9 Å². The molecule has 1 saturated carbocycles. The molecule has 0 radical (unpaired) electrons. The van der Waals surface area contributed by atoms with E-state index in [1.54, 1.807) is 13.0 Å². The van der Waals surface area contributed by atoms with Crippen molar-refractivity contribution < 1.29 is 14.3 Å². The molecule has 0 bridgehead atoms. The summed E-state index contributed by atoms with van der Waals surface area (Å²) in [5, 5.41) is 9.43. The van der Waals surface area contributed by atoms with Crippen LogP contribution in [-0.4, -0.2) is 11.1 Å².